The molecule has 0 saturated carbocycles. The molecule has 2 aliphatic rings. The number of fused-ring (bicyclic) bond motifs is 2. The van der Waals surface area contributed by atoms with Crippen LogP contribution in [0.3, 0.4) is 0 Å². The molecule has 3 amide bonds. The van der Waals surface area contributed by atoms with Crippen LogP contribution < -0.4 is 10.6 Å². The molecule has 2 bridgehead atoms. The fourth-order valence-electron chi connectivity index (χ4n) is 3.59. The number of carbonyl (C=O) groups excluding carboxylic acids is 2. The second-order valence-electron chi connectivity index (χ2n) is 6.16. The van der Waals surface area contributed by atoms with E-state index in [2.05, 4.69) is 22.6 Å². The van der Waals surface area contributed by atoms with Crippen LogP contribution in [0.5, 0.6) is 5.75 Å². The molecule has 118 valence electrons. The highest BCUT2D eigenvalue weighted by atomic mass is 16.3. The number of aromatic hydroxyl groups is 1. The van der Waals surface area contributed by atoms with E-state index in [0.29, 0.717) is 12.1 Å². The van der Waals surface area contributed by atoms with Crippen LogP contribution in [0.2, 0.25) is 0 Å². The second kappa shape index (κ2) is 5.96. The SMILES string of the molecule is CN1[C@@H]2CC[C@H]1CC(NC(=O)NC(=O)c1ccccc1O)C2. The first-order valence-electron chi connectivity index (χ1n) is 7.66. The summed E-state index contributed by atoms with van der Waals surface area (Å²) in [6, 6.07) is 6.82. The van der Waals surface area contributed by atoms with E-state index >= 15 is 0 Å². The van der Waals surface area contributed by atoms with Crippen LogP contribution in [-0.2, 0) is 0 Å². The molecule has 0 aromatic heterocycles. The van der Waals surface area contributed by atoms with Crippen molar-refractivity contribution in [2.75, 3.05) is 7.05 Å². The predicted molar refractivity (Wildman–Crippen MR) is 81.7 cm³/mol. The van der Waals surface area contributed by atoms with E-state index in [-0.39, 0.29) is 17.4 Å². The van der Waals surface area contributed by atoms with Crippen molar-refractivity contribution in [2.24, 2.45) is 0 Å². The third-order valence-electron chi connectivity index (χ3n) is 4.81. The monoisotopic (exact) mass is 303 g/mol. The Bertz CT molecular complexity index is 576. The number of para-hydroxylation sites is 1. The molecule has 1 aromatic rings. The summed E-state index contributed by atoms with van der Waals surface area (Å²) in [5.41, 5.74) is 0.0982. The third kappa shape index (κ3) is 2.92. The fourth-order valence-corrected chi connectivity index (χ4v) is 3.59. The number of hydrogen-bond donors (Lipinski definition) is 3. The number of amides is 3. The van der Waals surface area contributed by atoms with Crippen molar-refractivity contribution in [3.8, 4) is 5.75 Å². The summed E-state index contributed by atoms with van der Waals surface area (Å²) in [7, 11) is 2.14. The average molecular weight is 303 g/mol. The number of hydrogen-bond acceptors (Lipinski definition) is 4. The van der Waals surface area contributed by atoms with Crippen LogP contribution in [0.4, 0.5) is 4.79 Å². The third-order valence-corrected chi connectivity index (χ3v) is 4.81. The highest BCUT2D eigenvalue weighted by Crippen LogP contribution is 2.34. The standard InChI is InChI=1S/C16H21N3O3/c1-19-11-6-7-12(19)9-10(8-11)17-16(22)18-15(21)13-4-2-3-5-14(13)20/h2-5,10-12,20H,6-9H2,1H3,(H2,17,18,21,22)/t10?,11-,12+. The van der Waals surface area contributed by atoms with Gasteiger partial charge in [0, 0.05) is 18.1 Å². The van der Waals surface area contributed by atoms with Crippen LogP contribution in [0.1, 0.15) is 36.0 Å². The van der Waals surface area contributed by atoms with Gasteiger partial charge in [0.15, 0.2) is 0 Å². The van der Waals surface area contributed by atoms with E-state index in [4.69, 9.17) is 0 Å². The summed E-state index contributed by atoms with van der Waals surface area (Å²) in [5.74, 6) is -0.725. The first kappa shape index (κ1) is 14.8. The van der Waals surface area contributed by atoms with Crippen molar-refractivity contribution in [3.63, 3.8) is 0 Å². The van der Waals surface area contributed by atoms with Gasteiger partial charge in [-0.15, -0.1) is 0 Å². The van der Waals surface area contributed by atoms with Gasteiger partial charge >= 0.3 is 6.03 Å². The number of benzene rings is 1. The maximum atomic E-state index is 12.0. The Balaban J connectivity index is 1.55. The molecular formula is C16H21N3O3. The van der Waals surface area contributed by atoms with E-state index in [1.807, 2.05) is 0 Å². The van der Waals surface area contributed by atoms with Crippen molar-refractivity contribution in [2.45, 2.75) is 43.8 Å². The topological polar surface area (TPSA) is 81.7 Å². The minimum absolute atomic E-state index is 0.0982. The van der Waals surface area contributed by atoms with Crippen LogP contribution in [0.15, 0.2) is 24.3 Å². The minimum atomic E-state index is -0.591. The smallest absolute Gasteiger partial charge is 0.321 e. The number of rotatable bonds is 2. The number of nitrogens with one attached hydrogen (secondary N) is 2. The van der Waals surface area contributed by atoms with E-state index in [9.17, 15) is 14.7 Å². The number of piperidine rings is 1. The van der Waals surface area contributed by atoms with Gasteiger partial charge < -0.3 is 15.3 Å². The lowest BCUT2D eigenvalue weighted by molar-refractivity contribution is 0.0957. The zero-order chi connectivity index (χ0) is 15.7. The molecule has 0 radical (unpaired) electrons. The Hall–Kier alpha value is -2.08. The molecule has 6 nitrogen and oxygen atoms in total. The van der Waals surface area contributed by atoms with Gasteiger partial charge in [0.1, 0.15) is 5.75 Å². The number of phenols is 1. The Labute approximate surface area is 129 Å². The van der Waals surface area contributed by atoms with Gasteiger partial charge in [-0.1, -0.05) is 12.1 Å². The molecule has 2 fully saturated rings. The van der Waals surface area contributed by atoms with Gasteiger partial charge in [-0.05, 0) is 44.9 Å². The zero-order valence-electron chi connectivity index (χ0n) is 12.6. The summed E-state index contributed by atoms with van der Waals surface area (Å²) in [6.07, 6.45) is 4.20. The highest BCUT2D eigenvalue weighted by Gasteiger charge is 2.38. The Morgan fingerprint density at radius 3 is 2.45 bits per heavy atom. The summed E-state index contributed by atoms with van der Waals surface area (Å²) < 4.78 is 0. The molecule has 6 heteroatoms. The lowest BCUT2D eigenvalue weighted by Crippen LogP contribution is -2.51. The van der Waals surface area contributed by atoms with Crippen molar-refractivity contribution >= 4 is 11.9 Å². The van der Waals surface area contributed by atoms with Gasteiger partial charge in [0.25, 0.3) is 5.91 Å². The van der Waals surface area contributed by atoms with E-state index in [1.54, 1.807) is 12.1 Å². The minimum Gasteiger partial charge on any atom is -0.507 e. The van der Waals surface area contributed by atoms with Crippen molar-refractivity contribution in [1.82, 2.24) is 15.5 Å². The number of phenolic OH excluding ortho intramolecular Hbond substituents is 1. The normalized spacial score (nSPS) is 27.4. The Morgan fingerprint density at radius 1 is 1.18 bits per heavy atom. The van der Waals surface area contributed by atoms with Crippen LogP contribution in [-0.4, -0.2) is 47.1 Å². The number of nitrogens with zero attached hydrogens (tertiary/aromatic N) is 1. The molecule has 2 aliphatic heterocycles. The maximum absolute atomic E-state index is 12.0. The van der Waals surface area contributed by atoms with Crippen LogP contribution in [0, 0.1) is 0 Å². The Kier molecular flexibility index (Phi) is 4.02. The number of urea groups is 1. The van der Waals surface area contributed by atoms with Gasteiger partial charge in [-0.3, -0.25) is 10.1 Å². The first-order valence-corrected chi connectivity index (χ1v) is 7.66. The molecule has 2 saturated heterocycles. The fraction of sp³-hybridized carbons (Fsp3) is 0.500. The van der Waals surface area contributed by atoms with Gasteiger partial charge in [0.05, 0.1) is 5.56 Å². The zero-order valence-corrected chi connectivity index (χ0v) is 12.6. The van der Waals surface area contributed by atoms with Crippen LogP contribution in [0.25, 0.3) is 0 Å². The second-order valence-corrected chi connectivity index (χ2v) is 6.16. The number of imide groups is 1. The quantitative estimate of drug-likeness (QED) is 0.772. The van der Waals surface area contributed by atoms with E-state index < -0.39 is 11.9 Å². The maximum Gasteiger partial charge on any atom is 0.321 e. The number of carbonyl (C=O) groups is 2. The summed E-state index contributed by atoms with van der Waals surface area (Å²) in [6.45, 7) is 0. The van der Waals surface area contributed by atoms with Gasteiger partial charge in [-0.25, -0.2) is 4.79 Å². The van der Waals surface area contributed by atoms with Crippen molar-refractivity contribution in [1.29, 1.82) is 0 Å². The highest BCUT2D eigenvalue weighted by molar-refractivity contribution is 6.05. The predicted octanol–water partition coefficient (Wildman–Crippen LogP) is 1.46. The molecule has 2 heterocycles. The molecule has 3 N–H and O–H groups in total. The average Bonchev–Trinajstić information content (AvgIpc) is 2.70. The summed E-state index contributed by atoms with van der Waals surface area (Å²) in [5, 5.41) is 14.8. The van der Waals surface area contributed by atoms with Crippen molar-refractivity contribution < 1.29 is 14.7 Å². The van der Waals surface area contributed by atoms with Gasteiger partial charge in [-0.2, -0.15) is 0 Å². The largest absolute Gasteiger partial charge is 0.507 e. The Morgan fingerprint density at radius 2 is 1.82 bits per heavy atom. The molecule has 22 heavy (non-hydrogen) atoms. The molecule has 1 unspecified atom stereocenters. The summed E-state index contributed by atoms with van der Waals surface area (Å²) in [4.78, 5) is 26.3. The van der Waals surface area contributed by atoms with Crippen molar-refractivity contribution in [3.05, 3.63) is 29.8 Å². The first-order chi connectivity index (χ1) is 10.5. The molecule has 0 spiro atoms. The van der Waals surface area contributed by atoms with Crippen LogP contribution >= 0.6 is 0 Å². The lowest BCUT2D eigenvalue weighted by atomic mass is 9.98. The lowest BCUT2D eigenvalue weighted by Gasteiger charge is -2.36. The molecule has 3 atom stereocenters. The van der Waals surface area contributed by atoms with E-state index in [1.165, 1.54) is 25.0 Å². The van der Waals surface area contributed by atoms with Gasteiger partial charge in [0.2, 0.25) is 0 Å². The molecule has 1 aromatic carbocycles. The van der Waals surface area contributed by atoms with E-state index in [0.717, 1.165) is 12.8 Å². The molecular weight excluding hydrogens is 282 g/mol. The molecule has 0 aliphatic carbocycles. The summed E-state index contributed by atoms with van der Waals surface area (Å²) >= 11 is 0. The molecule has 3 rings (SSSR count).